The first-order valence-corrected chi connectivity index (χ1v) is 10.1. The molecule has 0 bridgehead atoms. The average molecular weight is 439 g/mol. The number of para-hydroxylation sites is 3. The molecule has 0 aliphatic carbocycles. The topological polar surface area (TPSA) is 76.7 Å². The summed E-state index contributed by atoms with van der Waals surface area (Å²) in [5.74, 6) is 1.14. The summed E-state index contributed by atoms with van der Waals surface area (Å²) < 4.78 is 11.1. The van der Waals surface area contributed by atoms with Crippen molar-refractivity contribution < 1.29 is 19.1 Å². The summed E-state index contributed by atoms with van der Waals surface area (Å²) in [6, 6.07) is 20.9. The van der Waals surface area contributed by atoms with Crippen molar-refractivity contribution in [3.8, 4) is 17.2 Å². The number of anilines is 1. The smallest absolute Gasteiger partial charge is 0.226 e. The van der Waals surface area contributed by atoms with Crippen LogP contribution in [-0.2, 0) is 9.59 Å². The van der Waals surface area contributed by atoms with Crippen molar-refractivity contribution in [2.75, 3.05) is 12.4 Å². The molecule has 1 atom stereocenters. The zero-order chi connectivity index (χ0) is 22.2. The van der Waals surface area contributed by atoms with Crippen molar-refractivity contribution in [1.29, 1.82) is 0 Å². The van der Waals surface area contributed by atoms with Crippen LogP contribution in [0.2, 0.25) is 5.02 Å². The van der Waals surface area contributed by atoms with E-state index >= 15 is 0 Å². The molecule has 6 nitrogen and oxygen atoms in total. The number of benzene rings is 3. The van der Waals surface area contributed by atoms with Gasteiger partial charge in [-0.25, -0.2) is 0 Å². The summed E-state index contributed by atoms with van der Waals surface area (Å²) in [7, 11) is 1.58. The molecule has 0 aromatic heterocycles. The van der Waals surface area contributed by atoms with Crippen LogP contribution >= 0.6 is 11.6 Å². The van der Waals surface area contributed by atoms with Crippen molar-refractivity contribution in [1.82, 2.24) is 5.32 Å². The third-order valence-electron chi connectivity index (χ3n) is 4.50. The number of ether oxygens (including phenoxy) is 2. The van der Waals surface area contributed by atoms with Gasteiger partial charge in [0.05, 0.1) is 30.3 Å². The van der Waals surface area contributed by atoms with Crippen LogP contribution in [-0.4, -0.2) is 18.9 Å². The lowest BCUT2D eigenvalue weighted by molar-refractivity contribution is -0.120. The molecule has 0 aliphatic rings. The van der Waals surface area contributed by atoms with E-state index < -0.39 is 6.04 Å². The predicted octanol–water partition coefficient (Wildman–Crippen LogP) is 5.35. The highest BCUT2D eigenvalue weighted by Gasteiger charge is 2.18. The maximum atomic E-state index is 12.8. The van der Waals surface area contributed by atoms with Gasteiger partial charge in [0.25, 0.3) is 0 Å². The Morgan fingerprint density at radius 1 is 0.935 bits per heavy atom. The molecule has 3 aromatic carbocycles. The number of hydrogen-bond donors (Lipinski definition) is 2. The molecule has 0 aliphatic heterocycles. The van der Waals surface area contributed by atoms with Crippen LogP contribution in [0.15, 0.2) is 72.8 Å². The number of amides is 2. The summed E-state index contributed by atoms with van der Waals surface area (Å²) in [5, 5.41) is 6.15. The molecule has 3 aromatic rings. The van der Waals surface area contributed by atoms with Crippen LogP contribution in [0.3, 0.4) is 0 Å². The number of hydrogen-bond acceptors (Lipinski definition) is 4. The van der Waals surface area contributed by atoms with Crippen LogP contribution in [0.4, 0.5) is 5.69 Å². The van der Waals surface area contributed by atoms with Crippen LogP contribution in [0.5, 0.6) is 17.2 Å². The van der Waals surface area contributed by atoms with Crippen LogP contribution in [0, 0.1) is 0 Å². The van der Waals surface area contributed by atoms with E-state index in [2.05, 4.69) is 10.6 Å². The lowest BCUT2D eigenvalue weighted by atomic mass is 10.0. The lowest BCUT2D eigenvalue weighted by Gasteiger charge is -2.19. The number of nitrogens with one attached hydrogen (secondary N) is 2. The normalized spacial score (nSPS) is 11.3. The van der Waals surface area contributed by atoms with Gasteiger partial charge in [0, 0.05) is 6.92 Å². The maximum absolute atomic E-state index is 12.8. The Bertz CT molecular complexity index is 1050. The van der Waals surface area contributed by atoms with E-state index in [0.717, 1.165) is 5.56 Å². The molecule has 160 valence electrons. The maximum Gasteiger partial charge on any atom is 0.226 e. The average Bonchev–Trinajstić information content (AvgIpc) is 2.76. The molecule has 0 heterocycles. The molecular weight excluding hydrogens is 416 g/mol. The highest BCUT2D eigenvalue weighted by atomic mass is 35.5. The fourth-order valence-corrected chi connectivity index (χ4v) is 3.20. The largest absolute Gasteiger partial charge is 0.497 e. The van der Waals surface area contributed by atoms with E-state index in [1.165, 1.54) is 6.92 Å². The van der Waals surface area contributed by atoms with Gasteiger partial charge in [0.1, 0.15) is 11.5 Å². The standard InChI is InChI=1S/C24H23ClN2O4/c1-16(28)26-21(17-11-13-18(30-2)14-12-17)15-24(29)27-20-8-4-6-10-23(20)31-22-9-5-3-7-19(22)25/h3-14,21H,15H2,1-2H3,(H,26,28)(H,27,29). The SMILES string of the molecule is COc1ccc(C(CC(=O)Nc2ccccc2Oc2ccccc2Cl)NC(C)=O)cc1. The number of carbonyl (C=O) groups excluding carboxylic acids is 2. The summed E-state index contributed by atoms with van der Waals surface area (Å²) >= 11 is 6.18. The molecule has 7 heteroatoms. The van der Waals surface area contributed by atoms with E-state index in [9.17, 15) is 9.59 Å². The second kappa shape index (κ2) is 10.5. The summed E-state index contributed by atoms with van der Waals surface area (Å²) in [4.78, 5) is 24.5. The zero-order valence-corrected chi connectivity index (χ0v) is 18.0. The first-order chi connectivity index (χ1) is 15.0. The van der Waals surface area contributed by atoms with Gasteiger partial charge >= 0.3 is 0 Å². The number of carbonyl (C=O) groups is 2. The molecule has 0 saturated heterocycles. The van der Waals surface area contributed by atoms with Gasteiger partial charge in [-0.2, -0.15) is 0 Å². The molecule has 0 radical (unpaired) electrons. The van der Waals surface area contributed by atoms with E-state index in [4.69, 9.17) is 21.1 Å². The fourth-order valence-electron chi connectivity index (χ4n) is 3.03. The van der Waals surface area contributed by atoms with Gasteiger partial charge in [-0.1, -0.05) is 48.0 Å². The van der Waals surface area contributed by atoms with E-state index in [1.807, 2.05) is 24.3 Å². The first-order valence-electron chi connectivity index (χ1n) is 9.68. The lowest BCUT2D eigenvalue weighted by Crippen LogP contribution is -2.29. The number of halogens is 1. The van der Waals surface area contributed by atoms with Crippen molar-refractivity contribution in [2.24, 2.45) is 0 Å². The third-order valence-corrected chi connectivity index (χ3v) is 4.82. The minimum absolute atomic E-state index is 0.0480. The number of methoxy groups -OCH3 is 1. The Kier molecular flexibility index (Phi) is 7.51. The van der Waals surface area contributed by atoms with Crippen molar-refractivity contribution >= 4 is 29.1 Å². The van der Waals surface area contributed by atoms with Gasteiger partial charge in [-0.3, -0.25) is 9.59 Å². The molecule has 2 N–H and O–H groups in total. The van der Waals surface area contributed by atoms with Crippen LogP contribution < -0.4 is 20.1 Å². The molecule has 3 rings (SSSR count). The molecule has 0 spiro atoms. The number of rotatable bonds is 8. The van der Waals surface area contributed by atoms with Gasteiger partial charge in [-0.15, -0.1) is 0 Å². The predicted molar refractivity (Wildman–Crippen MR) is 121 cm³/mol. The summed E-state index contributed by atoms with van der Waals surface area (Å²) in [6.07, 6.45) is 0.0480. The minimum atomic E-state index is -0.486. The van der Waals surface area contributed by atoms with E-state index in [1.54, 1.807) is 55.6 Å². The van der Waals surface area contributed by atoms with E-state index in [0.29, 0.717) is 28.0 Å². The van der Waals surface area contributed by atoms with E-state index in [-0.39, 0.29) is 18.2 Å². The second-order valence-corrected chi connectivity index (χ2v) is 7.21. The van der Waals surface area contributed by atoms with Crippen molar-refractivity contribution in [3.63, 3.8) is 0 Å². The van der Waals surface area contributed by atoms with Crippen LogP contribution in [0.25, 0.3) is 0 Å². The highest BCUT2D eigenvalue weighted by Crippen LogP contribution is 2.33. The second-order valence-electron chi connectivity index (χ2n) is 6.81. The highest BCUT2D eigenvalue weighted by molar-refractivity contribution is 6.32. The molecule has 31 heavy (non-hydrogen) atoms. The van der Waals surface area contributed by atoms with Crippen molar-refractivity contribution in [2.45, 2.75) is 19.4 Å². The van der Waals surface area contributed by atoms with Crippen molar-refractivity contribution in [3.05, 3.63) is 83.4 Å². The first kappa shape index (κ1) is 22.2. The Morgan fingerprint density at radius 2 is 1.58 bits per heavy atom. The fraction of sp³-hybridized carbons (Fsp3) is 0.167. The summed E-state index contributed by atoms with van der Waals surface area (Å²) in [5.41, 5.74) is 1.30. The monoisotopic (exact) mass is 438 g/mol. The molecule has 2 amide bonds. The Morgan fingerprint density at radius 3 is 2.23 bits per heavy atom. The van der Waals surface area contributed by atoms with Gasteiger partial charge in [0.15, 0.2) is 5.75 Å². The van der Waals surface area contributed by atoms with Gasteiger partial charge < -0.3 is 20.1 Å². The Labute approximate surface area is 186 Å². The van der Waals surface area contributed by atoms with Gasteiger partial charge in [-0.05, 0) is 42.0 Å². The molecular formula is C24H23ClN2O4. The molecule has 1 unspecified atom stereocenters. The summed E-state index contributed by atoms with van der Waals surface area (Å²) in [6.45, 7) is 1.42. The van der Waals surface area contributed by atoms with Crippen LogP contribution in [0.1, 0.15) is 24.9 Å². The zero-order valence-electron chi connectivity index (χ0n) is 17.2. The Hall–Kier alpha value is -3.51. The quantitative estimate of drug-likeness (QED) is 0.497. The molecule has 0 fully saturated rings. The molecule has 0 saturated carbocycles. The third kappa shape index (κ3) is 6.23. The Balaban J connectivity index is 1.75. The minimum Gasteiger partial charge on any atom is -0.497 e. The van der Waals surface area contributed by atoms with Gasteiger partial charge in [0.2, 0.25) is 11.8 Å².